The molecule has 0 N–H and O–H groups in total. The normalized spacial score (nSPS) is 12.5. The lowest BCUT2D eigenvalue weighted by molar-refractivity contribution is 0.591. The van der Waals surface area contributed by atoms with Gasteiger partial charge in [0.25, 0.3) is 0 Å². The minimum Gasteiger partial charge on any atom is -0.455 e. The lowest BCUT2D eigenvalue weighted by Gasteiger charge is -2.19. The van der Waals surface area contributed by atoms with Gasteiger partial charge in [-0.2, -0.15) is 0 Å². The minimum absolute atomic E-state index is 0.160. The second-order valence-electron chi connectivity index (χ2n) is 7.41. The van der Waals surface area contributed by atoms with Crippen LogP contribution in [-0.4, -0.2) is 0 Å². The van der Waals surface area contributed by atoms with Crippen molar-refractivity contribution in [3.8, 4) is 0 Å². The van der Waals surface area contributed by atoms with Gasteiger partial charge in [0.2, 0.25) is 0 Å². The van der Waals surface area contributed by atoms with Gasteiger partial charge in [0.15, 0.2) is 0 Å². The Morgan fingerprint density at radius 1 is 0.826 bits per heavy atom. The second-order valence-corrected chi connectivity index (χ2v) is 7.41. The molecule has 0 atom stereocenters. The van der Waals surface area contributed by atoms with E-state index < -0.39 is 0 Å². The van der Waals surface area contributed by atoms with Crippen molar-refractivity contribution in [2.24, 2.45) is 0 Å². The predicted molar refractivity (Wildman–Crippen MR) is 99.3 cm³/mol. The zero-order valence-corrected chi connectivity index (χ0v) is 14.2. The Kier molecular flexibility index (Phi) is 3.02. The van der Waals surface area contributed by atoms with E-state index in [2.05, 4.69) is 76.2 Å². The van der Waals surface area contributed by atoms with Gasteiger partial charge in [-0.25, -0.2) is 0 Å². The Bertz CT molecular complexity index is 1030. The zero-order valence-electron chi connectivity index (χ0n) is 14.2. The molecule has 1 nitrogen and oxygen atoms in total. The van der Waals surface area contributed by atoms with Crippen LogP contribution in [0.1, 0.15) is 38.8 Å². The average molecular weight is 302 g/mol. The molecule has 4 aromatic rings. The fraction of sp³-hybridized carbons (Fsp3) is 0.273. The van der Waals surface area contributed by atoms with Crippen LogP contribution in [0.5, 0.6) is 0 Å². The number of aryl methyl sites for hydroxylation is 1. The number of hydrogen-bond acceptors (Lipinski definition) is 1. The maximum absolute atomic E-state index is 6.23. The van der Waals surface area contributed by atoms with Crippen LogP contribution >= 0.6 is 0 Å². The Hall–Kier alpha value is -2.28. The van der Waals surface area contributed by atoms with Gasteiger partial charge in [0, 0.05) is 16.2 Å². The molecule has 1 aromatic heterocycles. The fourth-order valence-electron chi connectivity index (χ4n) is 3.29. The summed E-state index contributed by atoms with van der Waals surface area (Å²) in [4.78, 5) is 0. The molecule has 0 spiro atoms. The fourth-order valence-corrected chi connectivity index (χ4v) is 3.29. The van der Waals surface area contributed by atoms with Crippen LogP contribution in [0.2, 0.25) is 0 Å². The number of benzene rings is 3. The van der Waals surface area contributed by atoms with Gasteiger partial charge in [-0.05, 0) is 40.5 Å². The van der Waals surface area contributed by atoms with Crippen molar-refractivity contribution in [2.45, 2.75) is 39.5 Å². The number of furan rings is 1. The van der Waals surface area contributed by atoms with Crippen molar-refractivity contribution in [1.29, 1.82) is 0 Å². The highest BCUT2D eigenvalue weighted by atomic mass is 16.3. The van der Waals surface area contributed by atoms with Crippen LogP contribution in [0.25, 0.3) is 32.7 Å². The van der Waals surface area contributed by atoms with Crippen molar-refractivity contribution < 1.29 is 4.42 Å². The monoisotopic (exact) mass is 302 g/mol. The maximum atomic E-state index is 6.23. The molecule has 0 aliphatic carbocycles. The molecule has 0 aliphatic heterocycles. The standard InChI is InChI=1S/C22H22O/c1-5-14-6-9-18-19-10-7-15-13-16(22(2,3)4)8-11-17(15)21(19)23-20(18)12-14/h6-13H,5H2,1-4H3. The maximum Gasteiger partial charge on any atom is 0.143 e. The van der Waals surface area contributed by atoms with Crippen molar-refractivity contribution in [2.75, 3.05) is 0 Å². The molecule has 0 saturated carbocycles. The van der Waals surface area contributed by atoms with Gasteiger partial charge in [0.05, 0.1) is 0 Å². The molecule has 0 saturated heterocycles. The highest BCUT2D eigenvalue weighted by molar-refractivity contribution is 6.15. The lowest BCUT2D eigenvalue weighted by Crippen LogP contribution is -2.10. The molecule has 116 valence electrons. The van der Waals surface area contributed by atoms with E-state index in [9.17, 15) is 0 Å². The first-order valence-electron chi connectivity index (χ1n) is 8.36. The molecule has 1 heterocycles. The third-order valence-electron chi connectivity index (χ3n) is 4.79. The third-order valence-corrected chi connectivity index (χ3v) is 4.79. The van der Waals surface area contributed by atoms with Crippen LogP contribution in [0.15, 0.2) is 52.9 Å². The van der Waals surface area contributed by atoms with Crippen molar-refractivity contribution in [3.05, 3.63) is 59.7 Å². The van der Waals surface area contributed by atoms with E-state index in [0.717, 1.165) is 17.6 Å². The summed E-state index contributed by atoms with van der Waals surface area (Å²) in [7, 11) is 0. The van der Waals surface area contributed by atoms with Crippen molar-refractivity contribution >= 4 is 32.7 Å². The quantitative estimate of drug-likeness (QED) is 0.386. The second kappa shape index (κ2) is 4.86. The summed E-state index contributed by atoms with van der Waals surface area (Å²) in [5.74, 6) is 0. The van der Waals surface area contributed by atoms with Gasteiger partial charge in [-0.3, -0.25) is 0 Å². The van der Waals surface area contributed by atoms with E-state index in [4.69, 9.17) is 4.42 Å². The minimum atomic E-state index is 0.160. The van der Waals surface area contributed by atoms with Crippen LogP contribution in [0, 0.1) is 0 Å². The Labute approximate surface area is 136 Å². The topological polar surface area (TPSA) is 13.1 Å². The van der Waals surface area contributed by atoms with Crippen molar-refractivity contribution in [1.82, 2.24) is 0 Å². The SMILES string of the molecule is CCc1ccc2c(c1)oc1c3ccc(C(C)(C)C)cc3ccc21. The Balaban J connectivity index is 2.04. The lowest BCUT2D eigenvalue weighted by atomic mass is 9.86. The molecule has 4 rings (SSSR count). The van der Waals surface area contributed by atoms with Crippen LogP contribution < -0.4 is 0 Å². The summed E-state index contributed by atoms with van der Waals surface area (Å²) in [5.41, 5.74) is 4.83. The van der Waals surface area contributed by atoms with Crippen LogP contribution in [0.3, 0.4) is 0 Å². The largest absolute Gasteiger partial charge is 0.455 e. The molecule has 0 fully saturated rings. The zero-order chi connectivity index (χ0) is 16.2. The molecule has 0 amide bonds. The van der Waals surface area contributed by atoms with Crippen LogP contribution in [-0.2, 0) is 11.8 Å². The van der Waals surface area contributed by atoms with E-state index in [0.29, 0.717) is 0 Å². The summed E-state index contributed by atoms with van der Waals surface area (Å²) < 4.78 is 6.23. The van der Waals surface area contributed by atoms with Gasteiger partial charge >= 0.3 is 0 Å². The number of hydrogen-bond donors (Lipinski definition) is 0. The average Bonchev–Trinajstić information content (AvgIpc) is 2.91. The summed E-state index contributed by atoms with van der Waals surface area (Å²) in [6.45, 7) is 8.92. The summed E-state index contributed by atoms with van der Waals surface area (Å²) in [6, 6.07) is 17.7. The first-order valence-corrected chi connectivity index (χ1v) is 8.36. The molecule has 3 aromatic carbocycles. The first-order chi connectivity index (χ1) is 11.0. The smallest absolute Gasteiger partial charge is 0.143 e. The highest BCUT2D eigenvalue weighted by Gasteiger charge is 2.16. The van der Waals surface area contributed by atoms with E-state index in [-0.39, 0.29) is 5.41 Å². The Morgan fingerprint density at radius 2 is 1.57 bits per heavy atom. The van der Waals surface area contributed by atoms with Gasteiger partial charge < -0.3 is 4.42 Å². The predicted octanol–water partition coefficient (Wildman–Crippen LogP) is 6.60. The molecule has 0 bridgehead atoms. The molecule has 23 heavy (non-hydrogen) atoms. The summed E-state index contributed by atoms with van der Waals surface area (Å²) >= 11 is 0. The molecule has 1 heteroatoms. The number of fused-ring (bicyclic) bond motifs is 5. The summed E-state index contributed by atoms with van der Waals surface area (Å²) in [5, 5.41) is 4.86. The van der Waals surface area contributed by atoms with Gasteiger partial charge in [-0.1, -0.05) is 64.1 Å². The third kappa shape index (κ3) is 2.23. The summed E-state index contributed by atoms with van der Waals surface area (Å²) in [6.07, 6.45) is 1.03. The molecule has 0 radical (unpaired) electrons. The van der Waals surface area contributed by atoms with Gasteiger partial charge in [0.1, 0.15) is 11.2 Å². The number of rotatable bonds is 1. The molecular formula is C22H22O. The molecule has 0 unspecified atom stereocenters. The Morgan fingerprint density at radius 3 is 2.30 bits per heavy atom. The van der Waals surface area contributed by atoms with Crippen molar-refractivity contribution in [3.63, 3.8) is 0 Å². The van der Waals surface area contributed by atoms with Crippen LogP contribution in [0.4, 0.5) is 0 Å². The van der Waals surface area contributed by atoms with Gasteiger partial charge in [-0.15, -0.1) is 0 Å². The first kappa shape index (κ1) is 14.3. The van der Waals surface area contributed by atoms with E-state index >= 15 is 0 Å². The van der Waals surface area contributed by atoms with E-state index in [1.165, 1.54) is 32.7 Å². The molecule has 0 aliphatic rings. The van der Waals surface area contributed by atoms with E-state index in [1.54, 1.807) is 0 Å². The van der Waals surface area contributed by atoms with E-state index in [1.807, 2.05) is 0 Å². The highest BCUT2D eigenvalue weighted by Crippen LogP contribution is 2.36. The molecular weight excluding hydrogens is 280 g/mol.